The predicted molar refractivity (Wildman–Crippen MR) is 131 cm³/mol. The number of carboxylic acids is 1. The van der Waals surface area contributed by atoms with Crippen molar-refractivity contribution in [2.45, 2.75) is 63.6 Å². The SMILES string of the molecule is C=CCCCCCC[C@H](NC(=O)[C@H](Cc1ccccc1)NC(=O)OCc1ccccc1)C(=O)O. The first kappa shape index (κ1) is 26.6. The highest BCUT2D eigenvalue weighted by atomic mass is 16.5. The molecular formula is C27H34N2O5. The van der Waals surface area contributed by atoms with Crippen molar-refractivity contribution in [2.75, 3.05) is 0 Å². The molecule has 0 fully saturated rings. The van der Waals surface area contributed by atoms with Gasteiger partial charge in [-0.1, -0.05) is 86.0 Å². The number of ether oxygens (including phenoxy) is 1. The van der Waals surface area contributed by atoms with Crippen LogP contribution in [0.2, 0.25) is 0 Å². The second kappa shape index (κ2) is 15.3. The third-order valence-corrected chi connectivity index (χ3v) is 5.37. The van der Waals surface area contributed by atoms with Crippen molar-refractivity contribution in [2.24, 2.45) is 0 Å². The number of unbranched alkanes of at least 4 members (excludes halogenated alkanes) is 4. The van der Waals surface area contributed by atoms with Crippen molar-refractivity contribution in [3.05, 3.63) is 84.4 Å². The van der Waals surface area contributed by atoms with Crippen LogP contribution in [0, 0.1) is 0 Å². The molecule has 0 spiro atoms. The van der Waals surface area contributed by atoms with Crippen LogP contribution in [0.5, 0.6) is 0 Å². The summed E-state index contributed by atoms with van der Waals surface area (Å²) in [5.74, 6) is -1.65. The molecule has 0 saturated carbocycles. The Kier molecular flexibility index (Phi) is 12.0. The van der Waals surface area contributed by atoms with Crippen molar-refractivity contribution in [1.29, 1.82) is 0 Å². The van der Waals surface area contributed by atoms with Crippen LogP contribution in [0.15, 0.2) is 73.3 Å². The monoisotopic (exact) mass is 466 g/mol. The molecule has 2 aromatic rings. The fourth-order valence-corrected chi connectivity index (χ4v) is 3.49. The van der Waals surface area contributed by atoms with E-state index in [1.54, 1.807) is 0 Å². The van der Waals surface area contributed by atoms with Gasteiger partial charge in [0.25, 0.3) is 0 Å². The van der Waals surface area contributed by atoms with E-state index in [-0.39, 0.29) is 13.0 Å². The molecule has 0 aliphatic rings. The summed E-state index contributed by atoms with van der Waals surface area (Å²) in [6.07, 6.45) is 6.16. The molecule has 0 unspecified atom stereocenters. The normalized spacial score (nSPS) is 12.2. The van der Waals surface area contributed by atoms with E-state index in [4.69, 9.17) is 4.74 Å². The smallest absolute Gasteiger partial charge is 0.408 e. The minimum Gasteiger partial charge on any atom is -0.480 e. The number of hydrogen-bond acceptors (Lipinski definition) is 4. The van der Waals surface area contributed by atoms with Gasteiger partial charge in [0.05, 0.1) is 0 Å². The standard InChI is InChI=1S/C27H34N2O5/c1-2-3-4-5-6-13-18-23(26(31)32)28-25(30)24(19-21-14-9-7-10-15-21)29-27(33)34-20-22-16-11-8-12-17-22/h2,7-12,14-17,23-24H,1,3-6,13,18-20H2,(H,28,30)(H,29,33)(H,31,32)/t23-,24-/m0/s1. The average Bonchev–Trinajstić information content (AvgIpc) is 2.84. The molecule has 0 bridgehead atoms. The number of benzene rings is 2. The number of hydrogen-bond donors (Lipinski definition) is 3. The molecule has 0 aliphatic heterocycles. The van der Waals surface area contributed by atoms with Crippen LogP contribution in [-0.2, 0) is 27.4 Å². The van der Waals surface area contributed by atoms with Gasteiger partial charge in [-0.25, -0.2) is 9.59 Å². The van der Waals surface area contributed by atoms with Gasteiger partial charge < -0.3 is 20.5 Å². The van der Waals surface area contributed by atoms with Crippen LogP contribution >= 0.6 is 0 Å². The van der Waals surface area contributed by atoms with Crippen molar-refractivity contribution in [1.82, 2.24) is 10.6 Å². The first-order valence-electron chi connectivity index (χ1n) is 11.6. The molecule has 7 nitrogen and oxygen atoms in total. The molecule has 182 valence electrons. The molecule has 2 aromatic carbocycles. The first-order valence-corrected chi connectivity index (χ1v) is 11.6. The van der Waals surface area contributed by atoms with E-state index < -0.39 is 30.1 Å². The topological polar surface area (TPSA) is 105 Å². The van der Waals surface area contributed by atoms with Gasteiger partial charge in [-0.2, -0.15) is 0 Å². The third kappa shape index (κ3) is 10.3. The molecule has 0 aliphatic carbocycles. The number of aliphatic carboxylic acids is 1. The Morgan fingerprint density at radius 3 is 2.09 bits per heavy atom. The quantitative estimate of drug-likeness (QED) is 0.262. The number of rotatable bonds is 15. The fraction of sp³-hybridized carbons (Fsp3) is 0.370. The van der Waals surface area contributed by atoms with Gasteiger partial charge in [-0.15, -0.1) is 6.58 Å². The molecule has 0 aromatic heterocycles. The van der Waals surface area contributed by atoms with E-state index in [1.165, 1.54) is 0 Å². The number of alkyl carbamates (subject to hydrolysis) is 1. The van der Waals surface area contributed by atoms with Gasteiger partial charge in [0, 0.05) is 6.42 Å². The van der Waals surface area contributed by atoms with Crippen LogP contribution in [0.4, 0.5) is 4.79 Å². The lowest BCUT2D eigenvalue weighted by Gasteiger charge is -2.21. The third-order valence-electron chi connectivity index (χ3n) is 5.37. The number of carbonyl (C=O) groups is 3. The molecule has 2 atom stereocenters. The minimum absolute atomic E-state index is 0.0654. The summed E-state index contributed by atoms with van der Waals surface area (Å²) in [6, 6.07) is 16.4. The zero-order valence-electron chi connectivity index (χ0n) is 19.4. The number of carbonyl (C=O) groups excluding carboxylic acids is 2. The Labute approximate surface area is 201 Å². The maximum atomic E-state index is 13.0. The zero-order valence-corrected chi connectivity index (χ0v) is 19.4. The lowest BCUT2D eigenvalue weighted by molar-refractivity contribution is -0.142. The van der Waals surface area contributed by atoms with Gasteiger partial charge in [0.1, 0.15) is 18.7 Å². The molecule has 7 heteroatoms. The van der Waals surface area contributed by atoms with Crippen molar-refractivity contribution >= 4 is 18.0 Å². The Morgan fingerprint density at radius 2 is 1.47 bits per heavy atom. The Morgan fingerprint density at radius 1 is 0.853 bits per heavy atom. The highest BCUT2D eigenvalue weighted by molar-refractivity contribution is 5.89. The second-order valence-electron chi connectivity index (χ2n) is 8.13. The number of amides is 2. The van der Waals surface area contributed by atoms with Crippen LogP contribution in [0.3, 0.4) is 0 Å². The summed E-state index contributed by atoms with van der Waals surface area (Å²) >= 11 is 0. The Balaban J connectivity index is 1.96. The molecule has 0 saturated heterocycles. The summed E-state index contributed by atoms with van der Waals surface area (Å²) in [4.78, 5) is 37.1. The highest BCUT2D eigenvalue weighted by Crippen LogP contribution is 2.10. The minimum atomic E-state index is -1.09. The van der Waals surface area contributed by atoms with Gasteiger partial charge in [0.15, 0.2) is 0 Å². The summed E-state index contributed by atoms with van der Waals surface area (Å²) in [6.45, 7) is 3.76. The van der Waals surface area contributed by atoms with Crippen LogP contribution in [0.1, 0.15) is 49.7 Å². The van der Waals surface area contributed by atoms with Gasteiger partial charge in [-0.3, -0.25) is 4.79 Å². The maximum Gasteiger partial charge on any atom is 0.408 e. The fourth-order valence-electron chi connectivity index (χ4n) is 3.49. The van der Waals surface area contributed by atoms with E-state index in [2.05, 4.69) is 17.2 Å². The average molecular weight is 467 g/mol. The molecule has 34 heavy (non-hydrogen) atoms. The summed E-state index contributed by atoms with van der Waals surface area (Å²) < 4.78 is 5.26. The number of allylic oxidation sites excluding steroid dienone is 1. The molecular weight excluding hydrogens is 432 g/mol. The molecule has 3 N–H and O–H groups in total. The summed E-state index contributed by atoms with van der Waals surface area (Å²) in [5, 5.41) is 14.8. The van der Waals surface area contributed by atoms with Crippen molar-refractivity contribution < 1.29 is 24.2 Å². The predicted octanol–water partition coefficient (Wildman–Crippen LogP) is 4.62. The molecule has 0 heterocycles. The molecule has 2 amide bonds. The Bertz CT molecular complexity index is 902. The van der Waals surface area contributed by atoms with E-state index in [1.807, 2.05) is 66.7 Å². The van der Waals surface area contributed by atoms with Gasteiger partial charge in [0.2, 0.25) is 5.91 Å². The highest BCUT2D eigenvalue weighted by Gasteiger charge is 2.27. The second-order valence-corrected chi connectivity index (χ2v) is 8.13. The van der Waals surface area contributed by atoms with E-state index in [9.17, 15) is 19.5 Å². The molecule has 0 radical (unpaired) electrons. The lowest BCUT2D eigenvalue weighted by atomic mass is 10.0. The van der Waals surface area contributed by atoms with Crippen molar-refractivity contribution in [3.63, 3.8) is 0 Å². The zero-order chi connectivity index (χ0) is 24.6. The summed E-state index contributed by atoms with van der Waals surface area (Å²) in [7, 11) is 0. The summed E-state index contributed by atoms with van der Waals surface area (Å²) in [5.41, 5.74) is 1.65. The van der Waals surface area contributed by atoms with E-state index in [0.717, 1.165) is 36.8 Å². The number of carboxylic acid groups (broad SMARTS) is 1. The van der Waals surface area contributed by atoms with Gasteiger partial charge >= 0.3 is 12.1 Å². The maximum absolute atomic E-state index is 13.0. The Hall–Kier alpha value is -3.61. The first-order chi connectivity index (χ1) is 16.5. The lowest BCUT2D eigenvalue weighted by Crippen LogP contribution is -2.52. The van der Waals surface area contributed by atoms with Gasteiger partial charge in [-0.05, 0) is 30.4 Å². The van der Waals surface area contributed by atoms with E-state index >= 15 is 0 Å². The number of nitrogens with one attached hydrogen (secondary N) is 2. The molecule has 2 rings (SSSR count). The largest absolute Gasteiger partial charge is 0.480 e. The van der Waals surface area contributed by atoms with Crippen LogP contribution < -0.4 is 10.6 Å². The van der Waals surface area contributed by atoms with E-state index in [0.29, 0.717) is 12.8 Å². The van der Waals surface area contributed by atoms with Crippen LogP contribution in [0.25, 0.3) is 0 Å². The van der Waals surface area contributed by atoms with Crippen LogP contribution in [-0.4, -0.2) is 35.2 Å². The van der Waals surface area contributed by atoms with Crippen molar-refractivity contribution in [3.8, 4) is 0 Å².